The van der Waals surface area contributed by atoms with E-state index in [4.69, 9.17) is 4.74 Å². The monoisotopic (exact) mass is 209 g/mol. The molecule has 14 heavy (non-hydrogen) atoms. The van der Waals surface area contributed by atoms with E-state index in [9.17, 15) is 8.78 Å². The van der Waals surface area contributed by atoms with Crippen LogP contribution in [-0.4, -0.2) is 50.5 Å². The maximum atomic E-state index is 12.1. The van der Waals surface area contributed by atoms with Gasteiger partial charge >= 0.3 is 6.61 Å². The molecule has 0 saturated carbocycles. The molecule has 1 rings (SSSR count). The van der Waals surface area contributed by atoms with Crippen LogP contribution < -0.4 is 0 Å². The second-order valence-corrected chi connectivity index (χ2v) is 3.64. The van der Waals surface area contributed by atoms with Gasteiger partial charge in [-0.1, -0.05) is 0 Å². The summed E-state index contributed by atoms with van der Waals surface area (Å²) < 4.78 is 33.9. The van der Waals surface area contributed by atoms with Crippen LogP contribution in [-0.2, 0) is 9.47 Å². The highest BCUT2D eigenvalue weighted by Crippen LogP contribution is 2.24. The van der Waals surface area contributed by atoms with Crippen LogP contribution in [0.4, 0.5) is 8.78 Å². The normalized spacial score (nSPS) is 31.3. The van der Waals surface area contributed by atoms with Gasteiger partial charge in [-0.05, 0) is 20.4 Å². The summed E-state index contributed by atoms with van der Waals surface area (Å²) in [6.07, 6.45) is 0.125. The molecule has 1 aliphatic rings. The fourth-order valence-corrected chi connectivity index (χ4v) is 2.02. The number of alkyl halides is 2. The lowest BCUT2D eigenvalue weighted by molar-refractivity contribution is -0.175. The molecule has 0 spiro atoms. The predicted molar refractivity (Wildman–Crippen MR) is 48.4 cm³/mol. The van der Waals surface area contributed by atoms with Crippen LogP contribution in [0.5, 0.6) is 0 Å². The molecule has 0 radical (unpaired) electrons. The molecule has 3 atom stereocenters. The van der Waals surface area contributed by atoms with E-state index in [0.29, 0.717) is 6.42 Å². The Bertz CT molecular complexity index is 180. The van der Waals surface area contributed by atoms with Crippen LogP contribution in [0.2, 0.25) is 0 Å². The molecule has 1 fully saturated rings. The number of hydrogen-bond acceptors (Lipinski definition) is 3. The number of ether oxygens (including phenoxy) is 2. The van der Waals surface area contributed by atoms with Crippen molar-refractivity contribution in [2.75, 3.05) is 20.7 Å². The van der Waals surface area contributed by atoms with E-state index < -0.39 is 12.7 Å². The van der Waals surface area contributed by atoms with Gasteiger partial charge in [0.2, 0.25) is 0 Å². The molecule has 0 amide bonds. The maximum Gasteiger partial charge on any atom is 0.345 e. The average molecular weight is 209 g/mol. The molecule has 1 saturated heterocycles. The highest BCUT2D eigenvalue weighted by molar-refractivity contribution is 4.90. The summed E-state index contributed by atoms with van der Waals surface area (Å²) >= 11 is 0. The van der Waals surface area contributed by atoms with Gasteiger partial charge in [-0.3, -0.25) is 4.90 Å². The van der Waals surface area contributed by atoms with E-state index in [1.165, 1.54) is 0 Å². The van der Waals surface area contributed by atoms with Gasteiger partial charge < -0.3 is 9.47 Å². The third kappa shape index (κ3) is 2.62. The van der Waals surface area contributed by atoms with Gasteiger partial charge in [0.1, 0.15) is 0 Å². The van der Waals surface area contributed by atoms with Gasteiger partial charge in [-0.15, -0.1) is 0 Å². The quantitative estimate of drug-likeness (QED) is 0.697. The number of halogens is 2. The van der Waals surface area contributed by atoms with Crippen molar-refractivity contribution >= 4 is 0 Å². The lowest BCUT2D eigenvalue weighted by Crippen LogP contribution is -2.43. The van der Waals surface area contributed by atoms with Crippen molar-refractivity contribution in [3.05, 3.63) is 0 Å². The number of hydrogen-bond donors (Lipinski definition) is 0. The lowest BCUT2D eigenvalue weighted by atomic mass is 10.1. The summed E-state index contributed by atoms with van der Waals surface area (Å²) in [5.41, 5.74) is 0. The van der Waals surface area contributed by atoms with Crippen molar-refractivity contribution in [2.24, 2.45) is 0 Å². The zero-order valence-electron chi connectivity index (χ0n) is 8.74. The highest BCUT2D eigenvalue weighted by atomic mass is 19.3. The summed E-state index contributed by atoms with van der Waals surface area (Å²) in [6.45, 7) is -0.0533. The molecule has 5 heteroatoms. The summed E-state index contributed by atoms with van der Waals surface area (Å²) in [7, 11) is 3.48. The second-order valence-electron chi connectivity index (χ2n) is 3.64. The molecule has 0 aromatic rings. The second kappa shape index (κ2) is 5.00. The van der Waals surface area contributed by atoms with Crippen LogP contribution in [0.15, 0.2) is 0 Å². The molecule has 0 N–H and O–H groups in total. The minimum Gasteiger partial charge on any atom is -0.380 e. The largest absolute Gasteiger partial charge is 0.380 e. The molecule has 0 aromatic carbocycles. The topological polar surface area (TPSA) is 21.7 Å². The first-order valence-electron chi connectivity index (χ1n) is 4.73. The summed E-state index contributed by atoms with van der Waals surface area (Å²) in [5.74, 6) is 0. The van der Waals surface area contributed by atoms with Gasteiger partial charge in [-0.2, -0.15) is 8.78 Å². The van der Waals surface area contributed by atoms with E-state index in [1.807, 2.05) is 18.9 Å². The van der Waals surface area contributed by atoms with Crippen LogP contribution in [0.1, 0.15) is 13.3 Å². The molecule has 0 aromatic heterocycles. The van der Waals surface area contributed by atoms with E-state index in [-0.39, 0.29) is 12.1 Å². The van der Waals surface area contributed by atoms with Gasteiger partial charge in [0.05, 0.1) is 18.2 Å². The zero-order valence-corrected chi connectivity index (χ0v) is 8.74. The van der Waals surface area contributed by atoms with Crippen LogP contribution in [0.3, 0.4) is 0 Å². The van der Waals surface area contributed by atoms with Gasteiger partial charge in [0, 0.05) is 13.7 Å². The Balaban J connectivity index is 2.57. The van der Waals surface area contributed by atoms with Crippen molar-refractivity contribution in [1.29, 1.82) is 0 Å². The van der Waals surface area contributed by atoms with Crippen molar-refractivity contribution in [2.45, 2.75) is 38.2 Å². The SMILES string of the molecule is CO[C@@H](C)[C@@H]1[C@@H](OC(F)F)CCN1C. The average Bonchev–Trinajstić information content (AvgIpc) is 2.45. The summed E-state index contributed by atoms with van der Waals surface area (Å²) in [5, 5.41) is 0. The van der Waals surface area contributed by atoms with Crippen molar-refractivity contribution in [3.63, 3.8) is 0 Å². The zero-order chi connectivity index (χ0) is 10.7. The maximum absolute atomic E-state index is 12.1. The van der Waals surface area contributed by atoms with Crippen LogP contribution >= 0.6 is 0 Å². The third-order valence-electron chi connectivity index (χ3n) is 2.79. The Labute approximate surface area is 83.0 Å². The van der Waals surface area contributed by atoms with Crippen LogP contribution in [0.25, 0.3) is 0 Å². The predicted octanol–water partition coefficient (Wildman–Crippen LogP) is 1.33. The molecule has 3 nitrogen and oxygen atoms in total. The van der Waals surface area contributed by atoms with E-state index in [2.05, 4.69) is 4.74 Å². The van der Waals surface area contributed by atoms with Gasteiger partial charge in [-0.25, -0.2) is 0 Å². The minimum absolute atomic E-state index is 0.0750. The summed E-state index contributed by atoms with van der Waals surface area (Å²) in [4.78, 5) is 2.00. The van der Waals surface area contributed by atoms with Crippen molar-refractivity contribution < 1.29 is 18.3 Å². The minimum atomic E-state index is -2.70. The van der Waals surface area contributed by atoms with Crippen molar-refractivity contribution in [3.8, 4) is 0 Å². The van der Waals surface area contributed by atoms with Gasteiger partial charge in [0.25, 0.3) is 0 Å². The first kappa shape index (κ1) is 11.8. The number of likely N-dealkylation sites (tertiary alicyclic amines) is 1. The molecular weight excluding hydrogens is 192 g/mol. The number of nitrogens with zero attached hydrogens (tertiary/aromatic N) is 1. The first-order valence-corrected chi connectivity index (χ1v) is 4.73. The Morgan fingerprint density at radius 2 is 2.07 bits per heavy atom. The Morgan fingerprint density at radius 1 is 1.43 bits per heavy atom. The molecule has 0 aliphatic carbocycles. The Morgan fingerprint density at radius 3 is 2.57 bits per heavy atom. The van der Waals surface area contributed by atoms with E-state index in [0.717, 1.165) is 6.54 Å². The smallest absolute Gasteiger partial charge is 0.345 e. The van der Waals surface area contributed by atoms with Crippen molar-refractivity contribution in [1.82, 2.24) is 4.90 Å². The number of methoxy groups -OCH3 is 1. The summed E-state index contributed by atoms with van der Waals surface area (Å²) in [6, 6.07) is -0.0750. The molecule has 0 unspecified atom stereocenters. The fourth-order valence-electron chi connectivity index (χ4n) is 2.02. The molecule has 84 valence electrons. The molecular formula is C9H17F2NO2. The number of likely N-dealkylation sites (N-methyl/N-ethyl adjacent to an activating group) is 1. The molecule has 1 aliphatic heterocycles. The van der Waals surface area contributed by atoms with Gasteiger partial charge in [0.15, 0.2) is 0 Å². The number of rotatable bonds is 4. The standard InChI is InChI=1S/C9H17F2NO2/c1-6(13-3)8-7(14-9(10)11)4-5-12(8)2/h6-9H,4-5H2,1-3H3/t6-,7-,8+/m0/s1. The fraction of sp³-hybridized carbons (Fsp3) is 1.00. The third-order valence-corrected chi connectivity index (χ3v) is 2.79. The Hall–Kier alpha value is -0.260. The lowest BCUT2D eigenvalue weighted by Gasteiger charge is -2.29. The van der Waals surface area contributed by atoms with E-state index in [1.54, 1.807) is 7.11 Å². The van der Waals surface area contributed by atoms with Crippen LogP contribution in [0, 0.1) is 0 Å². The Kier molecular flexibility index (Phi) is 4.22. The molecule has 1 heterocycles. The van der Waals surface area contributed by atoms with E-state index >= 15 is 0 Å². The first-order chi connectivity index (χ1) is 6.56. The highest BCUT2D eigenvalue weighted by Gasteiger charge is 2.38. The molecule has 0 bridgehead atoms.